The smallest absolute Gasteiger partial charge is 0.0670 e. The van der Waals surface area contributed by atoms with Crippen LogP contribution in [0.3, 0.4) is 0 Å². The maximum absolute atomic E-state index is 4.16. The van der Waals surface area contributed by atoms with Gasteiger partial charge in [-0.25, -0.2) is 0 Å². The van der Waals surface area contributed by atoms with Gasteiger partial charge in [-0.3, -0.25) is 4.98 Å². The van der Waals surface area contributed by atoms with E-state index in [-0.39, 0.29) is 0 Å². The number of rotatable bonds is 0. The van der Waals surface area contributed by atoms with Crippen molar-refractivity contribution in [3.63, 3.8) is 0 Å². The molecule has 0 unspecified atom stereocenters. The van der Waals surface area contributed by atoms with Gasteiger partial charge in [-0.15, -0.1) is 45.3 Å². The fraction of sp³-hybridized carbons (Fsp3) is 0.0661. The summed E-state index contributed by atoms with van der Waals surface area (Å²) < 4.78 is 27.0. The second-order valence-corrected chi connectivity index (χ2v) is 39.3. The van der Waals surface area contributed by atoms with E-state index in [9.17, 15) is 0 Å². The minimum atomic E-state index is 1.06. The third kappa shape index (κ3) is 12.7. The summed E-state index contributed by atoms with van der Waals surface area (Å²) in [5.41, 5.74) is 24.0. The van der Waals surface area contributed by atoms with E-state index in [4.69, 9.17) is 0 Å². The van der Waals surface area contributed by atoms with Crippen LogP contribution in [-0.2, 0) is 55.8 Å². The minimum absolute atomic E-state index is 1.06. The van der Waals surface area contributed by atoms with Crippen molar-refractivity contribution in [2.75, 3.05) is 0 Å². The highest BCUT2D eigenvalue weighted by molar-refractivity contribution is 7.27. The third-order valence-electron chi connectivity index (χ3n) is 28.0. The Labute approximate surface area is 781 Å². The van der Waals surface area contributed by atoms with Crippen molar-refractivity contribution in [2.24, 2.45) is 49.3 Å². The molecule has 636 valence electrons. The summed E-state index contributed by atoms with van der Waals surface area (Å²) in [6.45, 7) is 0. The van der Waals surface area contributed by atoms with E-state index in [1.54, 1.807) is 0 Å². The standard InChI is InChI=1S/C20H15N.4C19H13NS.C13H11N.C12H10N2/c1-21-17-9-5-4-8-16(17)20-18(21)11-10-14-12-13-6-2-3-7-15(13)19(14)20;1-20-15-8-4-2-7-14(15)18-16(20)11-10-13-12-6-3-5-9-17(12)21-19(13)18;1-20-16-8-4-2-6-12(16)14-11-19-15(10-17(14)20)13-7-3-5-9-18(13)21-19;1-20-15-8-4-2-6-12(15)13-10-11-17-18(19(13)20)14-7-3-5-9-16(14)21-17;1-20-16-8-4-2-6-12(16)14-10-11-15-13-7-3-5-9-17(13)21-19(15)18(14)20;1-14-12-8-4-2-6-10(12)11-7-3-5-9-13(11)14;1-14-11-5-3-2-4-9(11)10-8-13-7-6-12(10)14/h2-11H,12H2,1H3;4*2-11H,1H3;2-9H,1H3;2-8H,1H3. The molecule has 31 rings (SSSR count). The van der Waals surface area contributed by atoms with E-state index in [2.05, 4.69) is 468 Å². The van der Waals surface area contributed by atoms with Crippen molar-refractivity contribution >= 4 is 279 Å². The van der Waals surface area contributed by atoms with Gasteiger partial charge in [0.25, 0.3) is 0 Å². The summed E-state index contributed by atoms with van der Waals surface area (Å²) in [6, 6.07) is 137. The molecule has 0 fully saturated rings. The number of benzene rings is 18. The largest absolute Gasteiger partial charge is 0.344 e. The molecule has 30 aromatic rings. The summed E-state index contributed by atoms with van der Waals surface area (Å²) in [7, 11) is 15.0. The fourth-order valence-electron chi connectivity index (χ4n) is 21.7. The van der Waals surface area contributed by atoms with Crippen LogP contribution in [0, 0.1) is 0 Å². The van der Waals surface area contributed by atoms with Crippen LogP contribution in [0.4, 0.5) is 0 Å². The third-order valence-corrected chi connectivity index (χ3v) is 32.7. The lowest BCUT2D eigenvalue weighted by molar-refractivity contribution is 1.01. The molecule has 133 heavy (non-hydrogen) atoms. The molecule has 12 heterocycles. The molecule has 18 aromatic carbocycles. The van der Waals surface area contributed by atoms with Gasteiger partial charge >= 0.3 is 0 Å². The maximum Gasteiger partial charge on any atom is 0.0670 e. The number of para-hydroxylation sites is 8. The van der Waals surface area contributed by atoms with Crippen molar-refractivity contribution in [2.45, 2.75) is 6.42 Å². The topological polar surface area (TPSA) is 47.4 Å². The highest BCUT2D eigenvalue weighted by Crippen LogP contribution is 2.49. The Morgan fingerprint density at radius 1 is 0.195 bits per heavy atom. The van der Waals surface area contributed by atoms with Crippen LogP contribution in [-0.4, -0.2) is 37.0 Å². The van der Waals surface area contributed by atoms with Crippen LogP contribution in [0.1, 0.15) is 11.1 Å². The number of thiophene rings is 4. The van der Waals surface area contributed by atoms with Gasteiger partial charge in [0.05, 0.1) is 26.8 Å². The van der Waals surface area contributed by atoms with Crippen LogP contribution in [0.15, 0.2) is 395 Å². The molecular weight excluding hydrogens is 1690 g/mol. The SMILES string of the molecule is Cn1c2ccccc2c2c3c(ccc21)Cc1ccccc1-3.Cn1c2ccccc2c2c3sc4ccccc4c3ccc21.Cn1c2ccccc2c2cc3sc4ccccc4c3cc21.Cn1c2ccccc2c2ccc3c4ccccc4sc3c21.Cn1c2ccccc2c2ccc3sc4ccccc4c3c21.Cn1c2ccccc2c2ccccc21.Cn1c2ccccc2c2cnccc21. The normalized spacial score (nSPS) is 12.0. The van der Waals surface area contributed by atoms with E-state index in [0.717, 1.165) is 6.42 Å². The number of fused-ring (bicyclic) bond motifs is 40. The van der Waals surface area contributed by atoms with Crippen molar-refractivity contribution in [1.29, 1.82) is 0 Å². The van der Waals surface area contributed by atoms with Crippen molar-refractivity contribution in [1.82, 2.24) is 37.0 Å². The molecule has 12 heteroatoms. The molecule has 12 aromatic heterocycles. The number of pyridine rings is 1. The summed E-state index contributed by atoms with van der Waals surface area (Å²) in [5, 5.41) is 29.8. The molecule has 0 bridgehead atoms. The van der Waals surface area contributed by atoms with E-state index in [0.29, 0.717) is 0 Å². The molecule has 0 amide bonds. The van der Waals surface area contributed by atoms with Gasteiger partial charge in [0.1, 0.15) is 0 Å². The predicted molar refractivity (Wildman–Crippen MR) is 581 cm³/mol. The first-order valence-electron chi connectivity index (χ1n) is 45.3. The lowest BCUT2D eigenvalue weighted by atomic mass is 9.99. The van der Waals surface area contributed by atoms with Gasteiger partial charge in [0, 0.05) is 268 Å². The first-order valence-corrected chi connectivity index (χ1v) is 48.6. The Balaban J connectivity index is 0.0000000836. The molecule has 8 nitrogen and oxygen atoms in total. The summed E-state index contributed by atoms with van der Waals surface area (Å²) in [5.74, 6) is 0. The number of aryl methyl sites for hydroxylation is 7. The first-order chi connectivity index (χ1) is 65.5. The Morgan fingerprint density at radius 3 is 1.12 bits per heavy atom. The predicted octanol–water partition coefficient (Wildman–Crippen LogP) is 33.8. The second kappa shape index (κ2) is 32.0. The van der Waals surface area contributed by atoms with Crippen LogP contribution in [0.25, 0.3) is 244 Å². The molecule has 0 saturated carbocycles. The summed E-state index contributed by atoms with van der Waals surface area (Å²) in [4.78, 5) is 4.16. The number of hydrogen-bond donors (Lipinski definition) is 0. The Morgan fingerprint density at radius 2 is 0.549 bits per heavy atom. The molecule has 1 aliphatic carbocycles. The van der Waals surface area contributed by atoms with Gasteiger partial charge in [-0.05, 0) is 138 Å². The molecule has 0 N–H and O–H groups in total. The Hall–Kier alpha value is -15.4. The van der Waals surface area contributed by atoms with Crippen molar-refractivity contribution in [3.8, 4) is 11.1 Å². The molecule has 1 aliphatic rings. The zero-order valence-corrected chi connectivity index (χ0v) is 77.7. The molecule has 0 radical (unpaired) electrons. The van der Waals surface area contributed by atoms with E-state index in [1.807, 2.05) is 57.7 Å². The second-order valence-electron chi connectivity index (χ2n) is 35.0. The fourth-order valence-corrected chi connectivity index (χ4v) is 26.5. The van der Waals surface area contributed by atoms with Crippen LogP contribution in [0.2, 0.25) is 0 Å². The highest BCUT2D eigenvalue weighted by atomic mass is 32.1. The van der Waals surface area contributed by atoms with Gasteiger partial charge in [0.2, 0.25) is 0 Å². The van der Waals surface area contributed by atoms with Crippen LogP contribution < -0.4 is 0 Å². The van der Waals surface area contributed by atoms with Crippen molar-refractivity contribution < 1.29 is 0 Å². The van der Waals surface area contributed by atoms with Crippen molar-refractivity contribution in [3.05, 3.63) is 406 Å². The average Bonchev–Trinajstić information content (AvgIpc) is 1.57. The van der Waals surface area contributed by atoms with Crippen LogP contribution in [0.5, 0.6) is 0 Å². The van der Waals surface area contributed by atoms with Gasteiger partial charge < -0.3 is 32.0 Å². The zero-order valence-electron chi connectivity index (χ0n) is 74.4. The Bertz CT molecular complexity index is 9720. The van der Waals surface area contributed by atoms with Gasteiger partial charge in [-0.2, -0.15) is 0 Å². The first kappa shape index (κ1) is 79.7. The van der Waals surface area contributed by atoms with E-state index >= 15 is 0 Å². The van der Waals surface area contributed by atoms with E-state index < -0.39 is 0 Å². The lowest BCUT2D eigenvalue weighted by Gasteiger charge is -2.04. The van der Waals surface area contributed by atoms with E-state index in [1.165, 1.54) is 256 Å². The molecule has 0 atom stereocenters. The zero-order chi connectivity index (χ0) is 89.0. The molecule has 0 saturated heterocycles. The van der Waals surface area contributed by atoms with Gasteiger partial charge in [-0.1, -0.05) is 273 Å². The van der Waals surface area contributed by atoms with Crippen LogP contribution >= 0.6 is 45.3 Å². The van der Waals surface area contributed by atoms with Gasteiger partial charge in [0.15, 0.2) is 0 Å². The number of hydrogen-bond acceptors (Lipinski definition) is 5. The molecule has 0 aliphatic heterocycles. The summed E-state index contributed by atoms with van der Waals surface area (Å²) >= 11 is 7.57. The average molecular weight is 1780 g/mol. The number of nitrogens with zero attached hydrogens (tertiary/aromatic N) is 8. The lowest BCUT2D eigenvalue weighted by Crippen LogP contribution is -1.87. The monoisotopic (exact) mass is 1780 g/mol. The minimum Gasteiger partial charge on any atom is -0.344 e. The molecule has 0 spiro atoms. The highest BCUT2D eigenvalue weighted by Gasteiger charge is 2.25. The maximum atomic E-state index is 4.16. The molecular formula is C121H88N8S4. The number of aromatic nitrogens is 8. The quantitative estimate of drug-likeness (QED) is 0.149. The Kier molecular flexibility index (Phi) is 19.2. The summed E-state index contributed by atoms with van der Waals surface area (Å²) in [6.07, 6.45) is 4.82.